The van der Waals surface area contributed by atoms with Gasteiger partial charge in [0.05, 0.1) is 21.7 Å². The van der Waals surface area contributed by atoms with E-state index in [2.05, 4.69) is 0 Å². The van der Waals surface area contributed by atoms with Gasteiger partial charge in [0.2, 0.25) is 0 Å². The molecule has 0 aromatic rings. The fraction of sp³-hybridized carbons (Fsp3) is 1.00. The summed E-state index contributed by atoms with van der Waals surface area (Å²) < 4.78 is 0.0322. The maximum Gasteiger partial charge on any atom is 0.0667 e. The number of aliphatic hydroxyl groups is 2. The molecule has 2 aliphatic carbocycles. The normalized spacial score (nSPS) is 28.8. The summed E-state index contributed by atoms with van der Waals surface area (Å²) in [5, 5.41) is 20.6. The minimum atomic E-state index is -0.255. The van der Waals surface area contributed by atoms with Gasteiger partial charge in [-0.25, -0.2) is 0 Å². The van der Waals surface area contributed by atoms with Gasteiger partial charge < -0.3 is 10.2 Å². The average molecular weight is 319 g/mol. The number of aliphatic hydroxyl groups excluding tert-OH is 2. The number of rotatable bonds is 5. The van der Waals surface area contributed by atoms with Crippen LogP contribution in [0, 0.1) is 0 Å². The van der Waals surface area contributed by atoms with Crippen LogP contribution in [-0.2, 0) is 0 Å². The third-order valence-corrected chi connectivity index (χ3v) is 9.78. The van der Waals surface area contributed by atoms with Gasteiger partial charge in [-0.05, 0) is 39.5 Å². The van der Waals surface area contributed by atoms with Crippen molar-refractivity contribution in [2.75, 3.05) is 0 Å². The fourth-order valence-electron chi connectivity index (χ4n) is 3.61. The van der Waals surface area contributed by atoms with E-state index in [0.717, 1.165) is 25.7 Å². The van der Waals surface area contributed by atoms with Gasteiger partial charge in [-0.3, -0.25) is 0 Å². The molecule has 4 heteroatoms. The summed E-state index contributed by atoms with van der Waals surface area (Å²) in [6, 6.07) is 0. The Balaban J connectivity index is 2.03. The Bertz CT molecular complexity index is 263. The first-order chi connectivity index (χ1) is 9.51. The minimum absolute atomic E-state index is 0.0161. The Morgan fingerprint density at radius 1 is 0.650 bits per heavy atom. The first-order valence-electron chi connectivity index (χ1n) is 8.24. The molecule has 0 bridgehead atoms. The molecule has 0 aromatic heterocycles. The highest BCUT2D eigenvalue weighted by molar-refractivity contribution is 8.77. The third kappa shape index (κ3) is 3.68. The molecule has 118 valence electrons. The second kappa shape index (κ2) is 7.26. The number of hydrogen-bond acceptors (Lipinski definition) is 4. The number of hydrogen-bond donors (Lipinski definition) is 2. The van der Waals surface area contributed by atoms with Crippen molar-refractivity contribution in [3.8, 4) is 0 Å². The standard InChI is InChI=1S/C16H30O2S2/c1-13(17)15(9-5-3-6-10-15)19-20-16(14(2)18)11-7-4-8-12-16/h13-14,17-18H,3-12H2,1-2H3. The molecule has 0 amide bonds. The van der Waals surface area contributed by atoms with Gasteiger partial charge in [0.25, 0.3) is 0 Å². The van der Waals surface area contributed by atoms with Gasteiger partial charge in [-0.2, -0.15) is 0 Å². The maximum absolute atomic E-state index is 10.3. The van der Waals surface area contributed by atoms with Crippen LogP contribution in [-0.4, -0.2) is 31.9 Å². The van der Waals surface area contributed by atoms with Gasteiger partial charge in [0.15, 0.2) is 0 Å². The Labute approximate surface area is 131 Å². The van der Waals surface area contributed by atoms with Crippen LogP contribution in [0.15, 0.2) is 0 Å². The molecule has 0 spiro atoms. The topological polar surface area (TPSA) is 40.5 Å². The average Bonchev–Trinajstić information content (AvgIpc) is 2.47. The first-order valence-corrected chi connectivity index (χ1v) is 10.4. The van der Waals surface area contributed by atoms with Crippen molar-refractivity contribution in [2.45, 2.75) is 99.8 Å². The highest BCUT2D eigenvalue weighted by Gasteiger charge is 2.43. The van der Waals surface area contributed by atoms with Gasteiger partial charge in [0.1, 0.15) is 0 Å². The molecule has 2 unspecified atom stereocenters. The smallest absolute Gasteiger partial charge is 0.0667 e. The molecule has 2 N–H and O–H groups in total. The van der Waals surface area contributed by atoms with Gasteiger partial charge in [-0.1, -0.05) is 60.1 Å². The van der Waals surface area contributed by atoms with Crippen molar-refractivity contribution < 1.29 is 10.2 Å². The Kier molecular flexibility index (Phi) is 6.16. The van der Waals surface area contributed by atoms with Crippen molar-refractivity contribution in [1.82, 2.24) is 0 Å². The van der Waals surface area contributed by atoms with Crippen molar-refractivity contribution in [1.29, 1.82) is 0 Å². The van der Waals surface area contributed by atoms with Crippen molar-refractivity contribution >= 4 is 21.6 Å². The molecule has 0 aromatic carbocycles. The van der Waals surface area contributed by atoms with Crippen LogP contribution in [0.4, 0.5) is 0 Å². The van der Waals surface area contributed by atoms with Crippen LogP contribution in [0.3, 0.4) is 0 Å². The second-order valence-corrected chi connectivity index (χ2v) is 9.73. The molecule has 2 rings (SSSR count). The highest BCUT2D eigenvalue weighted by atomic mass is 33.1. The molecule has 2 nitrogen and oxygen atoms in total. The van der Waals surface area contributed by atoms with Crippen molar-refractivity contribution in [3.05, 3.63) is 0 Å². The first kappa shape index (κ1) is 17.0. The molecule has 2 atom stereocenters. The molecular weight excluding hydrogens is 288 g/mol. The molecule has 0 radical (unpaired) electrons. The van der Waals surface area contributed by atoms with Gasteiger partial charge in [0, 0.05) is 0 Å². The summed E-state index contributed by atoms with van der Waals surface area (Å²) in [4.78, 5) is 0. The van der Waals surface area contributed by atoms with E-state index in [0.29, 0.717) is 0 Å². The molecule has 2 saturated carbocycles. The van der Waals surface area contributed by atoms with E-state index in [1.807, 2.05) is 35.4 Å². The molecule has 0 aliphatic heterocycles. The van der Waals surface area contributed by atoms with Crippen molar-refractivity contribution in [3.63, 3.8) is 0 Å². The summed E-state index contributed by atoms with van der Waals surface area (Å²) in [6.07, 6.45) is 11.5. The summed E-state index contributed by atoms with van der Waals surface area (Å²) in [5.74, 6) is 0. The molecule has 20 heavy (non-hydrogen) atoms. The molecule has 0 saturated heterocycles. The zero-order chi connectivity index (χ0) is 14.6. The predicted molar refractivity (Wildman–Crippen MR) is 90.2 cm³/mol. The fourth-order valence-corrected chi connectivity index (χ4v) is 7.96. The van der Waals surface area contributed by atoms with Gasteiger partial charge >= 0.3 is 0 Å². The zero-order valence-electron chi connectivity index (χ0n) is 12.9. The van der Waals surface area contributed by atoms with E-state index < -0.39 is 0 Å². The Hall–Kier alpha value is 0.620. The molecule has 2 fully saturated rings. The largest absolute Gasteiger partial charge is 0.392 e. The summed E-state index contributed by atoms with van der Waals surface area (Å²) in [5.41, 5.74) is 0. The SMILES string of the molecule is CC(O)C1(SSC2(C(C)O)CCCCC2)CCCCC1. The quantitative estimate of drug-likeness (QED) is 0.730. The van der Waals surface area contributed by atoms with E-state index >= 15 is 0 Å². The summed E-state index contributed by atoms with van der Waals surface area (Å²) in [7, 11) is 3.79. The highest BCUT2D eigenvalue weighted by Crippen LogP contribution is 2.56. The zero-order valence-corrected chi connectivity index (χ0v) is 14.6. The lowest BCUT2D eigenvalue weighted by Gasteiger charge is -2.44. The maximum atomic E-state index is 10.3. The lowest BCUT2D eigenvalue weighted by molar-refractivity contribution is 0.122. The summed E-state index contributed by atoms with van der Waals surface area (Å²) in [6.45, 7) is 3.91. The lowest BCUT2D eigenvalue weighted by atomic mass is 9.85. The van der Waals surface area contributed by atoms with E-state index in [1.165, 1.54) is 38.5 Å². The van der Waals surface area contributed by atoms with E-state index in [1.54, 1.807) is 0 Å². The Morgan fingerprint density at radius 2 is 0.950 bits per heavy atom. The minimum Gasteiger partial charge on any atom is -0.392 e. The van der Waals surface area contributed by atoms with Crippen LogP contribution in [0.5, 0.6) is 0 Å². The van der Waals surface area contributed by atoms with Crippen LogP contribution in [0.2, 0.25) is 0 Å². The second-order valence-electron chi connectivity index (χ2n) is 6.77. The predicted octanol–water partition coefficient (Wildman–Crippen LogP) is 4.54. The van der Waals surface area contributed by atoms with Crippen LogP contribution in [0.25, 0.3) is 0 Å². The van der Waals surface area contributed by atoms with Gasteiger partial charge in [-0.15, -0.1) is 0 Å². The monoisotopic (exact) mass is 318 g/mol. The molecule has 0 heterocycles. The van der Waals surface area contributed by atoms with Crippen molar-refractivity contribution in [2.24, 2.45) is 0 Å². The van der Waals surface area contributed by atoms with E-state index in [4.69, 9.17) is 0 Å². The van der Waals surface area contributed by atoms with Crippen LogP contribution >= 0.6 is 21.6 Å². The lowest BCUT2D eigenvalue weighted by Crippen LogP contribution is -2.42. The van der Waals surface area contributed by atoms with Crippen LogP contribution < -0.4 is 0 Å². The molecular formula is C16H30O2S2. The Morgan fingerprint density at radius 3 is 1.20 bits per heavy atom. The van der Waals surface area contributed by atoms with Crippen LogP contribution in [0.1, 0.15) is 78.1 Å². The molecule has 2 aliphatic rings. The summed E-state index contributed by atoms with van der Waals surface area (Å²) >= 11 is 0. The van der Waals surface area contributed by atoms with E-state index in [-0.39, 0.29) is 21.7 Å². The van der Waals surface area contributed by atoms with E-state index in [9.17, 15) is 10.2 Å². The third-order valence-electron chi connectivity index (χ3n) is 5.30.